The molecule has 0 radical (unpaired) electrons. The average molecular weight is 383 g/mol. The fraction of sp³-hybridized carbons (Fsp3) is 0.250. The van der Waals surface area contributed by atoms with Crippen LogP contribution in [0.1, 0.15) is 17.3 Å². The number of aldehydes is 1. The van der Waals surface area contributed by atoms with Gasteiger partial charge in [-0.15, -0.1) is 10.2 Å². The lowest BCUT2D eigenvalue weighted by Gasteiger charge is -2.12. The van der Waals surface area contributed by atoms with Gasteiger partial charge in [0.15, 0.2) is 22.5 Å². The molecule has 27 heavy (non-hydrogen) atoms. The highest BCUT2D eigenvalue weighted by molar-refractivity contribution is 7.99. The summed E-state index contributed by atoms with van der Waals surface area (Å²) >= 11 is 1.58. The van der Waals surface area contributed by atoms with Gasteiger partial charge >= 0.3 is 0 Å². The lowest BCUT2D eigenvalue weighted by molar-refractivity contribution is 0.112. The predicted octanol–water partition coefficient (Wildman–Crippen LogP) is 3.86. The van der Waals surface area contributed by atoms with Crippen molar-refractivity contribution in [3.63, 3.8) is 0 Å². The van der Waals surface area contributed by atoms with Gasteiger partial charge in [0.2, 0.25) is 0 Å². The van der Waals surface area contributed by atoms with Crippen molar-refractivity contribution in [3.8, 4) is 22.9 Å². The van der Waals surface area contributed by atoms with E-state index in [1.807, 2.05) is 48.9 Å². The van der Waals surface area contributed by atoms with Crippen LogP contribution in [0.4, 0.5) is 0 Å². The van der Waals surface area contributed by atoms with Gasteiger partial charge in [0.05, 0.1) is 13.2 Å². The van der Waals surface area contributed by atoms with Gasteiger partial charge in [-0.25, -0.2) is 0 Å². The zero-order valence-corrected chi connectivity index (χ0v) is 16.1. The maximum absolute atomic E-state index is 10.9. The monoisotopic (exact) mass is 383 g/mol. The highest BCUT2D eigenvalue weighted by Crippen LogP contribution is 2.28. The Bertz CT molecular complexity index is 897. The van der Waals surface area contributed by atoms with E-state index < -0.39 is 0 Å². The summed E-state index contributed by atoms with van der Waals surface area (Å²) in [6.45, 7) is 2.89. The lowest BCUT2D eigenvalue weighted by Crippen LogP contribution is -2.04. The van der Waals surface area contributed by atoms with Crippen molar-refractivity contribution in [2.45, 2.75) is 12.1 Å². The molecule has 140 valence electrons. The molecule has 0 saturated heterocycles. The van der Waals surface area contributed by atoms with Crippen LogP contribution in [0.25, 0.3) is 11.4 Å². The van der Waals surface area contributed by atoms with E-state index in [-0.39, 0.29) is 0 Å². The Labute approximate surface area is 162 Å². The van der Waals surface area contributed by atoms with Crippen LogP contribution in [0.5, 0.6) is 11.5 Å². The Hall–Kier alpha value is -2.80. The van der Waals surface area contributed by atoms with Crippen LogP contribution in [-0.2, 0) is 7.05 Å². The fourth-order valence-electron chi connectivity index (χ4n) is 2.55. The number of nitrogens with zero attached hydrogens (tertiary/aromatic N) is 3. The molecule has 0 unspecified atom stereocenters. The number of benzene rings is 2. The summed E-state index contributed by atoms with van der Waals surface area (Å²) in [5, 5.41) is 9.37. The van der Waals surface area contributed by atoms with Crippen LogP contribution in [0.3, 0.4) is 0 Å². The van der Waals surface area contributed by atoms with Crippen LogP contribution < -0.4 is 9.47 Å². The van der Waals surface area contributed by atoms with Gasteiger partial charge in [-0.05, 0) is 25.1 Å². The van der Waals surface area contributed by atoms with Gasteiger partial charge in [-0.3, -0.25) is 4.79 Å². The van der Waals surface area contributed by atoms with E-state index in [1.54, 1.807) is 30.0 Å². The Morgan fingerprint density at radius 1 is 1.07 bits per heavy atom. The number of hydrogen-bond donors (Lipinski definition) is 0. The molecule has 3 rings (SSSR count). The molecule has 0 atom stereocenters. The molecular weight excluding hydrogens is 362 g/mol. The second-order valence-electron chi connectivity index (χ2n) is 5.69. The number of thioether (sulfide) groups is 1. The predicted molar refractivity (Wildman–Crippen MR) is 106 cm³/mol. The minimum atomic E-state index is 0.485. The Balaban J connectivity index is 1.58. The zero-order valence-electron chi connectivity index (χ0n) is 15.3. The molecule has 0 spiro atoms. The molecule has 7 heteroatoms. The maximum atomic E-state index is 10.9. The highest BCUT2D eigenvalue weighted by atomic mass is 32.2. The van der Waals surface area contributed by atoms with E-state index in [1.165, 1.54) is 0 Å². The van der Waals surface area contributed by atoms with E-state index in [9.17, 15) is 4.79 Å². The molecular formula is C20H21N3O3S. The van der Waals surface area contributed by atoms with Crippen molar-refractivity contribution >= 4 is 18.0 Å². The summed E-state index contributed by atoms with van der Waals surface area (Å²) in [6, 6.07) is 15.1. The molecule has 0 aliphatic rings. The van der Waals surface area contributed by atoms with Crippen molar-refractivity contribution < 1.29 is 14.3 Å². The quantitative estimate of drug-likeness (QED) is 0.317. The van der Waals surface area contributed by atoms with Gasteiger partial charge in [-0.1, -0.05) is 42.1 Å². The van der Waals surface area contributed by atoms with Crippen molar-refractivity contribution in [3.05, 3.63) is 54.1 Å². The molecule has 6 nitrogen and oxygen atoms in total. The molecule has 0 N–H and O–H groups in total. The molecule has 2 aromatic carbocycles. The van der Waals surface area contributed by atoms with Crippen molar-refractivity contribution in [1.82, 2.24) is 14.8 Å². The molecule has 3 aromatic rings. The first-order valence-electron chi connectivity index (χ1n) is 8.65. The first-order valence-corrected chi connectivity index (χ1v) is 9.64. The van der Waals surface area contributed by atoms with Gasteiger partial charge in [-0.2, -0.15) is 0 Å². The Morgan fingerprint density at radius 2 is 1.89 bits per heavy atom. The minimum absolute atomic E-state index is 0.485. The molecule has 0 aliphatic heterocycles. The largest absolute Gasteiger partial charge is 0.490 e. The number of carbonyl (C=O) groups is 1. The van der Waals surface area contributed by atoms with Crippen LogP contribution >= 0.6 is 11.8 Å². The molecule has 1 aromatic heterocycles. The molecule has 0 fully saturated rings. The van der Waals surface area contributed by atoms with Gasteiger partial charge < -0.3 is 14.0 Å². The number of hydrogen-bond acceptors (Lipinski definition) is 6. The highest BCUT2D eigenvalue weighted by Gasteiger charge is 2.11. The van der Waals surface area contributed by atoms with Crippen molar-refractivity contribution in [2.24, 2.45) is 7.05 Å². The van der Waals surface area contributed by atoms with E-state index in [0.717, 1.165) is 22.8 Å². The first-order chi connectivity index (χ1) is 13.2. The summed E-state index contributed by atoms with van der Waals surface area (Å²) < 4.78 is 13.3. The second kappa shape index (κ2) is 9.23. The lowest BCUT2D eigenvalue weighted by atomic mass is 10.2. The van der Waals surface area contributed by atoms with Crippen LogP contribution in [0.15, 0.2) is 53.7 Å². The summed E-state index contributed by atoms with van der Waals surface area (Å²) in [6.07, 6.45) is 0.792. The third-order valence-corrected chi connectivity index (χ3v) is 4.83. The van der Waals surface area contributed by atoms with E-state index >= 15 is 0 Å². The molecule has 0 bridgehead atoms. The van der Waals surface area contributed by atoms with Gasteiger partial charge in [0.25, 0.3) is 0 Å². The molecule has 0 amide bonds. The van der Waals surface area contributed by atoms with Gasteiger partial charge in [0.1, 0.15) is 6.29 Å². The second-order valence-corrected chi connectivity index (χ2v) is 6.75. The van der Waals surface area contributed by atoms with Crippen molar-refractivity contribution in [2.75, 3.05) is 19.0 Å². The van der Waals surface area contributed by atoms with Crippen molar-refractivity contribution in [1.29, 1.82) is 0 Å². The summed E-state index contributed by atoms with van der Waals surface area (Å²) in [4.78, 5) is 10.9. The molecule has 1 heterocycles. The molecule has 0 saturated carbocycles. The summed E-state index contributed by atoms with van der Waals surface area (Å²) in [5.41, 5.74) is 1.60. The average Bonchev–Trinajstić information content (AvgIpc) is 3.07. The van der Waals surface area contributed by atoms with Crippen LogP contribution in [0.2, 0.25) is 0 Å². The fourth-order valence-corrected chi connectivity index (χ4v) is 3.28. The topological polar surface area (TPSA) is 66.2 Å². The van der Waals surface area contributed by atoms with E-state index in [2.05, 4.69) is 10.2 Å². The number of rotatable bonds is 9. The third-order valence-electron chi connectivity index (χ3n) is 3.84. The summed E-state index contributed by atoms with van der Waals surface area (Å²) in [7, 11) is 1.96. The number of carbonyl (C=O) groups excluding carboxylic acids is 1. The Kier molecular flexibility index (Phi) is 6.49. The Morgan fingerprint density at radius 3 is 2.63 bits per heavy atom. The zero-order chi connectivity index (χ0) is 19.1. The van der Waals surface area contributed by atoms with Crippen LogP contribution in [0, 0.1) is 0 Å². The minimum Gasteiger partial charge on any atom is -0.490 e. The smallest absolute Gasteiger partial charge is 0.191 e. The first kappa shape index (κ1) is 19.0. The van der Waals surface area contributed by atoms with E-state index in [0.29, 0.717) is 36.0 Å². The van der Waals surface area contributed by atoms with E-state index in [4.69, 9.17) is 9.47 Å². The number of aromatic nitrogens is 3. The normalized spacial score (nSPS) is 10.6. The SMILES string of the molecule is CCOc1cc(C=O)ccc1OCCSc1nnc(-c2ccccc2)n1C. The number of ether oxygens (including phenoxy) is 2. The third kappa shape index (κ3) is 4.68. The van der Waals surface area contributed by atoms with Gasteiger partial charge in [0, 0.05) is 23.9 Å². The van der Waals surface area contributed by atoms with Crippen LogP contribution in [-0.4, -0.2) is 40.0 Å². The maximum Gasteiger partial charge on any atom is 0.191 e. The molecule has 0 aliphatic carbocycles. The summed E-state index contributed by atoms with van der Waals surface area (Å²) in [5.74, 6) is 2.76. The standard InChI is InChI=1S/C20H21N3O3S/c1-3-25-18-13-15(14-24)9-10-17(18)26-11-12-27-20-22-21-19(23(20)2)16-7-5-4-6-8-16/h4-10,13-14H,3,11-12H2,1-2H3.